The SMILES string of the molecule is O=S(=O)(Nc1nc2ccc(Cl)cc2s1)c1ccc2c(c1)OCCCO2. The van der Waals surface area contributed by atoms with E-state index >= 15 is 0 Å². The Morgan fingerprint density at radius 3 is 2.72 bits per heavy atom. The molecule has 2 aromatic carbocycles. The van der Waals surface area contributed by atoms with Gasteiger partial charge in [0.15, 0.2) is 16.6 Å². The average molecular weight is 397 g/mol. The Morgan fingerprint density at radius 2 is 1.88 bits per heavy atom. The maximum Gasteiger partial charge on any atom is 0.263 e. The number of fused-ring (bicyclic) bond motifs is 2. The number of hydrogen-bond acceptors (Lipinski definition) is 6. The minimum atomic E-state index is -3.79. The summed E-state index contributed by atoms with van der Waals surface area (Å²) >= 11 is 7.18. The molecule has 0 atom stereocenters. The molecule has 4 rings (SSSR count). The van der Waals surface area contributed by atoms with Crippen LogP contribution in [0.4, 0.5) is 5.13 Å². The lowest BCUT2D eigenvalue weighted by molar-refractivity contribution is 0.297. The number of sulfonamides is 1. The second-order valence-corrected chi connectivity index (χ2v) is 8.55. The first-order chi connectivity index (χ1) is 12.0. The Morgan fingerprint density at radius 1 is 1.08 bits per heavy atom. The third-order valence-corrected chi connectivity index (χ3v) is 6.24. The van der Waals surface area contributed by atoms with Gasteiger partial charge in [-0.05, 0) is 30.3 Å². The van der Waals surface area contributed by atoms with Gasteiger partial charge in [0.1, 0.15) is 0 Å². The second-order valence-electron chi connectivity index (χ2n) is 5.40. The molecule has 1 aliphatic heterocycles. The molecule has 0 unspecified atom stereocenters. The molecule has 6 nitrogen and oxygen atoms in total. The molecule has 0 spiro atoms. The van der Waals surface area contributed by atoms with Gasteiger partial charge in [-0.15, -0.1) is 0 Å². The van der Waals surface area contributed by atoms with Gasteiger partial charge in [-0.1, -0.05) is 22.9 Å². The van der Waals surface area contributed by atoms with Gasteiger partial charge in [0.2, 0.25) is 0 Å². The molecule has 25 heavy (non-hydrogen) atoms. The molecule has 0 radical (unpaired) electrons. The molecule has 130 valence electrons. The number of rotatable bonds is 3. The zero-order valence-corrected chi connectivity index (χ0v) is 15.2. The van der Waals surface area contributed by atoms with Crippen molar-refractivity contribution in [2.24, 2.45) is 0 Å². The fourth-order valence-electron chi connectivity index (χ4n) is 2.43. The molecular weight excluding hydrogens is 384 g/mol. The van der Waals surface area contributed by atoms with Crippen molar-refractivity contribution >= 4 is 48.3 Å². The van der Waals surface area contributed by atoms with Crippen LogP contribution >= 0.6 is 22.9 Å². The van der Waals surface area contributed by atoms with E-state index in [0.29, 0.717) is 35.3 Å². The van der Waals surface area contributed by atoms with Crippen LogP contribution in [0.5, 0.6) is 11.5 Å². The topological polar surface area (TPSA) is 77.5 Å². The highest BCUT2D eigenvalue weighted by Gasteiger charge is 2.20. The first-order valence-electron chi connectivity index (χ1n) is 7.50. The molecule has 1 N–H and O–H groups in total. The van der Waals surface area contributed by atoms with Gasteiger partial charge in [0.25, 0.3) is 10.0 Å². The highest BCUT2D eigenvalue weighted by atomic mass is 35.5. The molecule has 3 aromatic rings. The molecule has 0 aliphatic carbocycles. The van der Waals surface area contributed by atoms with Crippen molar-refractivity contribution in [1.29, 1.82) is 0 Å². The van der Waals surface area contributed by atoms with E-state index in [2.05, 4.69) is 9.71 Å². The Labute approximate surface area is 153 Å². The highest BCUT2D eigenvalue weighted by molar-refractivity contribution is 7.93. The van der Waals surface area contributed by atoms with Gasteiger partial charge in [-0.2, -0.15) is 0 Å². The predicted molar refractivity (Wildman–Crippen MR) is 97.5 cm³/mol. The van der Waals surface area contributed by atoms with E-state index in [0.717, 1.165) is 11.1 Å². The maximum atomic E-state index is 12.7. The summed E-state index contributed by atoms with van der Waals surface area (Å²) in [5.74, 6) is 0.975. The fraction of sp³-hybridized carbons (Fsp3) is 0.188. The van der Waals surface area contributed by atoms with Crippen molar-refractivity contribution < 1.29 is 17.9 Å². The lowest BCUT2D eigenvalue weighted by Gasteiger charge is -2.10. The molecule has 0 saturated heterocycles. The molecule has 1 aliphatic rings. The Bertz CT molecular complexity index is 1050. The quantitative estimate of drug-likeness (QED) is 0.726. The summed E-state index contributed by atoms with van der Waals surface area (Å²) in [7, 11) is -3.79. The number of nitrogens with one attached hydrogen (secondary N) is 1. The zero-order chi connectivity index (χ0) is 17.4. The Kier molecular flexibility index (Phi) is 4.18. The number of aromatic nitrogens is 1. The van der Waals surface area contributed by atoms with Crippen LogP contribution in [0.25, 0.3) is 10.2 Å². The molecule has 1 aromatic heterocycles. The van der Waals surface area contributed by atoms with Crippen LogP contribution in [0.1, 0.15) is 6.42 Å². The van der Waals surface area contributed by atoms with Crippen LogP contribution in [0, 0.1) is 0 Å². The normalized spacial score (nSPS) is 14.3. The number of halogens is 1. The van der Waals surface area contributed by atoms with Gasteiger partial charge < -0.3 is 9.47 Å². The van der Waals surface area contributed by atoms with E-state index in [-0.39, 0.29) is 10.0 Å². The van der Waals surface area contributed by atoms with E-state index in [1.54, 1.807) is 24.3 Å². The fourth-order valence-corrected chi connectivity index (χ4v) is 4.82. The van der Waals surface area contributed by atoms with E-state index in [4.69, 9.17) is 21.1 Å². The summed E-state index contributed by atoms with van der Waals surface area (Å²) in [4.78, 5) is 4.37. The predicted octanol–water partition coefficient (Wildman–Crippen LogP) is 3.91. The summed E-state index contributed by atoms with van der Waals surface area (Å²) in [6, 6.07) is 9.77. The number of anilines is 1. The van der Waals surface area contributed by atoms with Crippen molar-refractivity contribution in [2.75, 3.05) is 17.9 Å². The number of thiazole rings is 1. The molecule has 2 heterocycles. The van der Waals surface area contributed by atoms with E-state index in [1.807, 2.05) is 0 Å². The van der Waals surface area contributed by atoms with Gasteiger partial charge in [-0.25, -0.2) is 13.4 Å². The Balaban J connectivity index is 1.65. The number of hydrogen-bond donors (Lipinski definition) is 1. The summed E-state index contributed by atoms with van der Waals surface area (Å²) in [6.45, 7) is 1.04. The molecular formula is C16H13ClN2O4S2. The second kappa shape index (κ2) is 6.36. The highest BCUT2D eigenvalue weighted by Crippen LogP contribution is 2.34. The van der Waals surface area contributed by atoms with Crippen LogP contribution in [0.2, 0.25) is 5.02 Å². The van der Waals surface area contributed by atoms with E-state index < -0.39 is 10.0 Å². The number of nitrogens with zero attached hydrogens (tertiary/aromatic N) is 1. The summed E-state index contributed by atoms with van der Waals surface area (Å²) in [5, 5.41) is 0.859. The van der Waals surface area contributed by atoms with Crippen LogP contribution in [-0.2, 0) is 10.0 Å². The molecule has 0 fully saturated rings. The molecule has 0 bridgehead atoms. The minimum Gasteiger partial charge on any atom is -0.490 e. The zero-order valence-electron chi connectivity index (χ0n) is 12.9. The largest absolute Gasteiger partial charge is 0.490 e. The van der Waals surface area contributed by atoms with Crippen LogP contribution in [0.15, 0.2) is 41.3 Å². The smallest absolute Gasteiger partial charge is 0.263 e. The van der Waals surface area contributed by atoms with Crippen molar-refractivity contribution in [1.82, 2.24) is 4.98 Å². The minimum absolute atomic E-state index is 0.0917. The van der Waals surface area contributed by atoms with Crippen molar-refractivity contribution in [2.45, 2.75) is 11.3 Å². The van der Waals surface area contributed by atoms with Gasteiger partial charge in [0.05, 0.1) is 28.3 Å². The molecule has 0 amide bonds. The van der Waals surface area contributed by atoms with E-state index in [1.165, 1.54) is 23.5 Å². The van der Waals surface area contributed by atoms with Crippen LogP contribution in [-0.4, -0.2) is 26.6 Å². The first-order valence-corrected chi connectivity index (χ1v) is 10.2. The van der Waals surface area contributed by atoms with Crippen molar-refractivity contribution in [3.63, 3.8) is 0 Å². The van der Waals surface area contributed by atoms with Crippen molar-refractivity contribution in [3.05, 3.63) is 41.4 Å². The third-order valence-electron chi connectivity index (χ3n) is 3.60. The van der Waals surface area contributed by atoms with E-state index in [9.17, 15) is 8.42 Å². The molecule has 0 saturated carbocycles. The summed E-state index contributed by atoms with van der Waals surface area (Å²) in [5.41, 5.74) is 0.686. The average Bonchev–Trinajstić information content (AvgIpc) is 2.80. The standard InChI is InChI=1S/C16H13ClN2O4S2/c17-10-2-4-12-15(8-10)24-16(18-12)19-25(20,21)11-3-5-13-14(9-11)23-7-1-6-22-13/h2-5,8-9H,1,6-7H2,(H,18,19). The van der Waals surface area contributed by atoms with Gasteiger partial charge in [-0.3, -0.25) is 4.72 Å². The maximum absolute atomic E-state index is 12.7. The number of benzene rings is 2. The summed E-state index contributed by atoms with van der Waals surface area (Å²) in [6.07, 6.45) is 0.753. The monoisotopic (exact) mass is 396 g/mol. The lowest BCUT2D eigenvalue weighted by Crippen LogP contribution is -2.13. The van der Waals surface area contributed by atoms with Gasteiger partial charge in [0, 0.05) is 17.5 Å². The first kappa shape index (κ1) is 16.4. The molecule has 9 heteroatoms. The Hall–Kier alpha value is -2.03. The summed E-state index contributed by atoms with van der Waals surface area (Å²) < 4.78 is 39.7. The van der Waals surface area contributed by atoms with Crippen LogP contribution < -0.4 is 14.2 Å². The number of ether oxygens (including phenoxy) is 2. The third kappa shape index (κ3) is 3.37. The lowest BCUT2D eigenvalue weighted by atomic mass is 10.3. The van der Waals surface area contributed by atoms with Crippen LogP contribution in [0.3, 0.4) is 0 Å². The van der Waals surface area contributed by atoms with Gasteiger partial charge >= 0.3 is 0 Å². The van der Waals surface area contributed by atoms with Crippen molar-refractivity contribution in [3.8, 4) is 11.5 Å².